The molecule has 3 rings (SSSR count). The summed E-state index contributed by atoms with van der Waals surface area (Å²) in [6.07, 6.45) is 4.96. The van der Waals surface area contributed by atoms with E-state index in [1.165, 1.54) is 0 Å². The third-order valence-electron chi connectivity index (χ3n) is 3.61. The number of aliphatic hydroxyl groups is 1. The van der Waals surface area contributed by atoms with Gasteiger partial charge in [0.1, 0.15) is 5.65 Å². The Hall–Kier alpha value is -1.88. The van der Waals surface area contributed by atoms with E-state index in [0.29, 0.717) is 18.7 Å². The first-order chi connectivity index (χ1) is 9.05. The molecule has 5 heteroatoms. The van der Waals surface area contributed by atoms with Crippen molar-refractivity contribution >= 4 is 16.9 Å². The fourth-order valence-electron chi connectivity index (χ4n) is 2.63. The van der Waals surface area contributed by atoms with Gasteiger partial charge in [-0.2, -0.15) is 0 Å². The van der Waals surface area contributed by atoms with Gasteiger partial charge in [0.05, 0.1) is 11.2 Å². The van der Waals surface area contributed by atoms with Crippen LogP contribution in [0, 0.1) is 0 Å². The van der Waals surface area contributed by atoms with Crippen LogP contribution in [-0.2, 0) is 0 Å². The lowest BCUT2D eigenvalue weighted by Gasteiger charge is -2.36. The molecule has 0 unspecified atom stereocenters. The number of hydrogen-bond acceptors (Lipinski definition) is 3. The summed E-state index contributed by atoms with van der Waals surface area (Å²) >= 11 is 0. The Morgan fingerprint density at radius 1 is 1.58 bits per heavy atom. The molecule has 0 bridgehead atoms. The number of pyridine rings is 1. The summed E-state index contributed by atoms with van der Waals surface area (Å²) < 4.78 is 0. The quantitative estimate of drug-likeness (QED) is 0.816. The molecule has 0 saturated carbocycles. The molecule has 1 fully saturated rings. The summed E-state index contributed by atoms with van der Waals surface area (Å²) in [5, 5.41) is 11.0. The molecule has 1 amide bonds. The number of likely N-dealkylation sites (tertiary alicyclic amines) is 1. The minimum absolute atomic E-state index is 0.0597. The number of piperidine rings is 1. The molecular weight excluding hydrogens is 242 g/mol. The van der Waals surface area contributed by atoms with E-state index in [-0.39, 0.29) is 5.91 Å². The molecule has 3 heterocycles. The molecule has 100 valence electrons. The third-order valence-corrected chi connectivity index (χ3v) is 3.61. The van der Waals surface area contributed by atoms with Gasteiger partial charge >= 0.3 is 0 Å². The number of β-amino-alcohol motifs (C(OH)–C–C–N with tert-alkyl or cyclic N) is 1. The van der Waals surface area contributed by atoms with E-state index in [2.05, 4.69) is 9.97 Å². The average molecular weight is 259 g/mol. The molecular formula is C14H17N3O2. The van der Waals surface area contributed by atoms with E-state index in [1.54, 1.807) is 24.2 Å². The molecule has 2 aromatic rings. The third kappa shape index (κ3) is 2.33. The van der Waals surface area contributed by atoms with Crippen molar-refractivity contribution in [2.45, 2.75) is 25.4 Å². The van der Waals surface area contributed by atoms with Crippen molar-refractivity contribution in [1.82, 2.24) is 14.9 Å². The van der Waals surface area contributed by atoms with Crippen LogP contribution in [0.3, 0.4) is 0 Å². The Balaban J connectivity index is 1.86. The molecule has 2 N–H and O–H groups in total. The van der Waals surface area contributed by atoms with Gasteiger partial charge in [0.15, 0.2) is 0 Å². The van der Waals surface area contributed by atoms with Crippen LogP contribution in [0.5, 0.6) is 0 Å². The highest BCUT2D eigenvalue weighted by Gasteiger charge is 2.31. The number of fused-ring (bicyclic) bond motifs is 1. The first-order valence-electron chi connectivity index (χ1n) is 6.50. The summed E-state index contributed by atoms with van der Waals surface area (Å²) in [4.78, 5) is 21.4. The van der Waals surface area contributed by atoms with Crippen molar-refractivity contribution in [3.05, 3.63) is 30.1 Å². The van der Waals surface area contributed by atoms with E-state index < -0.39 is 5.60 Å². The first-order valence-corrected chi connectivity index (χ1v) is 6.50. The number of aromatic nitrogens is 2. The topological polar surface area (TPSA) is 69.2 Å². The lowest BCUT2D eigenvalue weighted by atomic mass is 9.95. The number of nitrogens with zero attached hydrogens (tertiary/aromatic N) is 2. The minimum Gasteiger partial charge on any atom is -0.388 e. The molecule has 0 spiro atoms. The van der Waals surface area contributed by atoms with Gasteiger partial charge in [0, 0.05) is 30.9 Å². The number of aromatic amines is 1. The van der Waals surface area contributed by atoms with Crippen molar-refractivity contribution in [2.75, 3.05) is 13.1 Å². The van der Waals surface area contributed by atoms with E-state index in [4.69, 9.17) is 0 Å². The fourth-order valence-corrected chi connectivity index (χ4v) is 2.63. The smallest absolute Gasteiger partial charge is 0.255 e. The van der Waals surface area contributed by atoms with Crippen LogP contribution in [-0.4, -0.2) is 44.6 Å². The van der Waals surface area contributed by atoms with Gasteiger partial charge in [-0.15, -0.1) is 0 Å². The predicted octanol–water partition coefficient (Wildman–Crippen LogP) is 1.55. The predicted molar refractivity (Wildman–Crippen MR) is 71.9 cm³/mol. The Kier molecular flexibility index (Phi) is 2.78. The van der Waals surface area contributed by atoms with Crippen molar-refractivity contribution in [3.63, 3.8) is 0 Å². The van der Waals surface area contributed by atoms with Gasteiger partial charge in [-0.25, -0.2) is 4.98 Å². The SMILES string of the molecule is C[C@]1(O)CCCN(C(=O)c2cnc3[nH]ccc3c2)C1. The van der Waals surface area contributed by atoms with Crippen LogP contribution in [0.1, 0.15) is 30.1 Å². The summed E-state index contributed by atoms with van der Waals surface area (Å²) in [5.74, 6) is -0.0597. The molecule has 1 aliphatic heterocycles. The van der Waals surface area contributed by atoms with Crippen molar-refractivity contribution < 1.29 is 9.90 Å². The molecule has 1 atom stereocenters. The number of nitrogens with one attached hydrogen (secondary N) is 1. The zero-order valence-corrected chi connectivity index (χ0v) is 10.9. The summed E-state index contributed by atoms with van der Waals surface area (Å²) in [5.41, 5.74) is 0.575. The van der Waals surface area contributed by atoms with Crippen LogP contribution in [0.25, 0.3) is 11.0 Å². The normalized spacial score (nSPS) is 23.8. The average Bonchev–Trinajstić information content (AvgIpc) is 2.83. The second kappa shape index (κ2) is 4.35. The van der Waals surface area contributed by atoms with Gasteiger partial charge < -0.3 is 15.0 Å². The van der Waals surface area contributed by atoms with Crippen molar-refractivity contribution in [2.24, 2.45) is 0 Å². The first kappa shape index (κ1) is 12.2. The van der Waals surface area contributed by atoms with Crippen molar-refractivity contribution in [3.8, 4) is 0 Å². The second-order valence-electron chi connectivity index (χ2n) is 5.47. The highest BCUT2D eigenvalue weighted by molar-refractivity contribution is 5.97. The fraction of sp³-hybridized carbons (Fsp3) is 0.429. The van der Waals surface area contributed by atoms with Gasteiger partial charge in [-0.05, 0) is 31.9 Å². The Morgan fingerprint density at radius 2 is 2.42 bits per heavy atom. The Labute approximate surface area is 111 Å². The molecule has 0 aliphatic carbocycles. The van der Waals surface area contributed by atoms with Gasteiger partial charge in [-0.3, -0.25) is 4.79 Å². The van der Waals surface area contributed by atoms with Crippen LogP contribution in [0.4, 0.5) is 0 Å². The molecule has 2 aromatic heterocycles. The molecule has 0 aromatic carbocycles. The summed E-state index contributed by atoms with van der Waals surface area (Å²) in [7, 11) is 0. The highest BCUT2D eigenvalue weighted by atomic mass is 16.3. The minimum atomic E-state index is -0.778. The van der Waals surface area contributed by atoms with Crippen molar-refractivity contribution in [1.29, 1.82) is 0 Å². The van der Waals surface area contributed by atoms with Crippen LogP contribution in [0.2, 0.25) is 0 Å². The molecule has 19 heavy (non-hydrogen) atoms. The monoisotopic (exact) mass is 259 g/mol. The maximum Gasteiger partial charge on any atom is 0.255 e. The number of H-pyrrole nitrogens is 1. The largest absolute Gasteiger partial charge is 0.388 e. The Bertz CT molecular complexity index is 618. The number of hydrogen-bond donors (Lipinski definition) is 2. The zero-order chi connectivity index (χ0) is 13.5. The van der Waals surface area contributed by atoms with Gasteiger partial charge in [0.25, 0.3) is 5.91 Å². The van der Waals surface area contributed by atoms with Crippen LogP contribution >= 0.6 is 0 Å². The highest BCUT2D eigenvalue weighted by Crippen LogP contribution is 2.22. The summed E-state index contributed by atoms with van der Waals surface area (Å²) in [6.45, 7) is 2.86. The van der Waals surface area contributed by atoms with Gasteiger partial charge in [-0.1, -0.05) is 0 Å². The summed E-state index contributed by atoms with van der Waals surface area (Å²) in [6, 6.07) is 3.73. The Morgan fingerprint density at radius 3 is 3.21 bits per heavy atom. The van der Waals surface area contributed by atoms with Gasteiger partial charge in [0.2, 0.25) is 0 Å². The number of carbonyl (C=O) groups excluding carboxylic acids is 1. The van der Waals surface area contributed by atoms with E-state index in [0.717, 1.165) is 23.9 Å². The van der Waals surface area contributed by atoms with Crippen LogP contribution < -0.4 is 0 Å². The number of amides is 1. The number of carbonyl (C=O) groups is 1. The lowest BCUT2D eigenvalue weighted by Crippen LogP contribution is -2.48. The van der Waals surface area contributed by atoms with Crippen LogP contribution in [0.15, 0.2) is 24.5 Å². The second-order valence-corrected chi connectivity index (χ2v) is 5.47. The van der Waals surface area contributed by atoms with E-state index in [1.807, 2.05) is 12.1 Å². The molecule has 1 aliphatic rings. The standard InChI is InChI=1S/C14H17N3O2/c1-14(19)4-2-6-17(9-14)13(18)11-7-10-3-5-15-12(10)16-8-11/h3,5,7-8,19H,2,4,6,9H2,1H3,(H,15,16)/t14-/m0/s1. The van der Waals surface area contributed by atoms with E-state index >= 15 is 0 Å². The van der Waals surface area contributed by atoms with E-state index in [9.17, 15) is 9.90 Å². The zero-order valence-electron chi connectivity index (χ0n) is 10.9. The maximum absolute atomic E-state index is 12.4. The maximum atomic E-state index is 12.4. The molecule has 5 nitrogen and oxygen atoms in total. The number of rotatable bonds is 1. The molecule has 0 radical (unpaired) electrons. The lowest BCUT2D eigenvalue weighted by molar-refractivity contribution is -0.0107. The molecule has 1 saturated heterocycles.